The van der Waals surface area contributed by atoms with Gasteiger partial charge in [0.1, 0.15) is 18.3 Å². The lowest BCUT2D eigenvalue weighted by Crippen LogP contribution is -2.53. The highest BCUT2D eigenvalue weighted by molar-refractivity contribution is 7.92. The van der Waals surface area contributed by atoms with Crippen molar-refractivity contribution in [3.63, 3.8) is 0 Å². The summed E-state index contributed by atoms with van der Waals surface area (Å²) in [6, 6.07) is 18.3. The van der Waals surface area contributed by atoms with Crippen molar-refractivity contribution in [2.24, 2.45) is 0 Å². The molecule has 0 spiro atoms. The molecule has 8 nitrogen and oxygen atoms in total. The van der Waals surface area contributed by atoms with Gasteiger partial charge in [-0.25, -0.2) is 8.42 Å². The number of amides is 2. The molecule has 41 heavy (non-hydrogen) atoms. The van der Waals surface area contributed by atoms with Crippen LogP contribution in [0, 0.1) is 0 Å². The largest absolute Gasteiger partial charge is 0.495 e. The number of nitrogens with one attached hydrogen (secondary N) is 1. The summed E-state index contributed by atoms with van der Waals surface area (Å²) in [4.78, 5) is 28.9. The second-order valence-electron chi connectivity index (χ2n) is 9.53. The van der Waals surface area contributed by atoms with E-state index >= 15 is 0 Å². The van der Waals surface area contributed by atoms with Crippen LogP contribution in [0.2, 0.25) is 10.0 Å². The van der Waals surface area contributed by atoms with Crippen LogP contribution in [0.25, 0.3) is 0 Å². The Balaban J connectivity index is 2.08. The average Bonchev–Trinajstić information content (AvgIpc) is 2.96. The first kappa shape index (κ1) is 32.2. The number of rotatable bonds is 13. The monoisotopic (exact) mass is 619 g/mol. The zero-order valence-electron chi connectivity index (χ0n) is 23.5. The number of methoxy groups -OCH3 is 1. The Morgan fingerprint density at radius 2 is 1.61 bits per heavy atom. The van der Waals surface area contributed by atoms with Crippen molar-refractivity contribution >= 4 is 50.7 Å². The third-order valence-corrected chi connectivity index (χ3v) is 9.02. The molecule has 0 aliphatic heterocycles. The van der Waals surface area contributed by atoms with E-state index in [1.807, 2.05) is 20.8 Å². The summed E-state index contributed by atoms with van der Waals surface area (Å²) in [5.41, 5.74) is 0.916. The van der Waals surface area contributed by atoms with Crippen molar-refractivity contribution in [1.29, 1.82) is 0 Å². The minimum atomic E-state index is -4.20. The number of sulfonamides is 1. The van der Waals surface area contributed by atoms with E-state index in [0.717, 1.165) is 9.87 Å². The molecule has 3 rings (SSSR count). The predicted octanol–water partition coefficient (Wildman–Crippen LogP) is 5.92. The van der Waals surface area contributed by atoms with Gasteiger partial charge in [0.2, 0.25) is 11.8 Å². The molecule has 0 aliphatic carbocycles. The van der Waals surface area contributed by atoms with Crippen molar-refractivity contribution in [3.8, 4) is 5.75 Å². The van der Waals surface area contributed by atoms with E-state index in [2.05, 4.69) is 5.32 Å². The fraction of sp³-hybridized carbons (Fsp3) is 0.333. The lowest BCUT2D eigenvalue weighted by Gasteiger charge is -2.33. The van der Waals surface area contributed by atoms with E-state index in [9.17, 15) is 18.0 Å². The molecular formula is C30H35Cl2N3O5S. The summed E-state index contributed by atoms with van der Waals surface area (Å²) < 4.78 is 34.0. The molecule has 0 aromatic heterocycles. The van der Waals surface area contributed by atoms with Gasteiger partial charge in [-0.1, -0.05) is 67.4 Å². The van der Waals surface area contributed by atoms with Crippen molar-refractivity contribution in [2.45, 2.75) is 57.1 Å². The maximum atomic E-state index is 14.1. The molecule has 11 heteroatoms. The van der Waals surface area contributed by atoms with Crippen LogP contribution in [0.3, 0.4) is 0 Å². The van der Waals surface area contributed by atoms with Gasteiger partial charge in [-0.3, -0.25) is 13.9 Å². The number of anilines is 1. The zero-order valence-corrected chi connectivity index (χ0v) is 25.8. The van der Waals surface area contributed by atoms with Crippen LogP contribution in [0.1, 0.15) is 39.2 Å². The Labute approximate surface area is 252 Å². The van der Waals surface area contributed by atoms with E-state index < -0.39 is 28.5 Å². The van der Waals surface area contributed by atoms with Gasteiger partial charge < -0.3 is 15.0 Å². The smallest absolute Gasteiger partial charge is 0.264 e. The highest BCUT2D eigenvalue weighted by Gasteiger charge is 2.34. The van der Waals surface area contributed by atoms with Gasteiger partial charge in [-0.2, -0.15) is 0 Å². The van der Waals surface area contributed by atoms with Crippen molar-refractivity contribution in [1.82, 2.24) is 10.2 Å². The molecule has 220 valence electrons. The second-order valence-corrected chi connectivity index (χ2v) is 12.2. The number of ether oxygens (including phenoxy) is 1. The van der Waals surface area contributed by atoms with Crippen molar-refractivity contribution in [2.75, 3.05) is 18.0 Å². The highest BCUT2D eigenvalue weighted by atomic mass is 35.5. The van der Waals surface area contributed by atoms with E-state index in [1.165, 1.54) is 42.3 Å². The SMILES string of the molecule is CC[C@@H](C)NC(=O)[C@@H](CC)N(Cc1ccc(Cl)cc1)C(=O)CN(c1ccc(OC)c(Cl)c1)S(=O)(=O)c1ccccc1. The number of benzene rings is 3. The standard InChI is InChI=1S/C30H35Cl2N3O5S/c1-5-21(3)33-30(37)27(6-2)34(19-22-12-14-23(31)15-13-22)29(36)20-35(24-16-17-28(40-4)26(32)18-24)41(38,39)25-10-8-7-9-11-25/h7-18,21,27H,5-6,19-20H2,1-4H3,(H,33,37)/t21-,27-/m1/s1. The van der Waals surface area contributed by atoms with Gasteiger partial charge in [0.05, 0.1) is 22.7 Å². The van der Waals surface area contributed by atoms with Gasteiger partial charge in [0.15, 0.2) is 0 Å². The van der Waals surface area contributed by atoms with Crippen LogP contribution in [0.15, 0.2) is 77.7 Å². The Morgan fingerprint density at radius 1 is 0.951 bits per heavy atom. The molecule has 0 aliphatic rings. The molecular weight excluding hydrogens is 585 g/mol. The Morgan fingerprint density at radius 3 is 2.17 bits per heavy atom. The lowest BCUT2D eigenvalue weighted by atomic mass is 10.1. The molecule has 0 fully saturated rings. The Bertz CT molecular complexity index is 1440. The van der Waals surface area contributed by atoms with Gasteiger partial charge >= 0.3 is 0 Å². The third-order valence-electron chi connectivity index (χ3n) is 6.69. The number of hydrogen-bond acceptors (Lipinski definition) is 5. The summed E-state index contributed by atoms with van der Waals surface area (Å²) in [6.07, 6.45) is 1.04. The zero-order chi connectivity index (χ0) is 30.2. The molecule has 3 aromatic carbocycles. The van der Waals surface area contributed by atoms with Crippen molar-refractivity contribution < 1.29 is 22.7 Å². The van der Waals surface area contributed by atoms with Crippen molar-refractivity contribution in [3.05, 3.63) is 88.4 Å². The van der Waals surface area contributed by atoms with Crippen LogP contribution in [-0.4, -0.2) is 50.9 Å². The van der Waals surface area contributed by atoms with Crippen LogP contribution in [0.5, 0.6) is 5.75 Å². The molecule has 0 radical (unpaired) electrons. The molecule has 1 N–H and O–H groups in total. The van der Waals surface area contributed by atoms with Crippen LogP contribution >= 0.6 is 23.2 Å². The highest BCUT2D eigenvalue weighted by Crippen LogP contribution is 2.32. The molecule has 0 bridgehead atoms. The molecule has 3 aromatic rings. The second kappa shape index (κ2) is 14.6. The quantitative estimate of drug-likeness (QED) is 0.256. The molecule has 2 amide bonds. The van der Waals surface area contributed by atoms with Crippen LogP contribution < -0.4 is 14.4 Å². The topological polar surface area (TPSA) is 96.0 Å². The van der Waals surface area contributed by atoms with E-state index in [1.54, 1.807) is 42.5 Å². The number of carbonyl (C=O) groups excluding carboxylic acids is 2. The average molecular weight is 621 g/mol. The molecule has 0 heterocycles. The lowest BCUT2D eigenvalue weighted by molar-refractivity contribution is -0.140. The third kappa shape index (κ3) is 8.15. The first-order chi connectivity index (χ1) is 19.5. The van der Waals surface area contributed by atoms with E-state index in [0.29, 0.717) is 23.6 Å². The summed E-state index contributed by atoms with van der Waals surface area (Å²) in [7, 11) is -2.75. The normalized spacial score (nSPS) is 12.7. The number of carbonyl (C=O) groups is 2. The number of hydrogen-bond donors (Lipinski definition) is 1. The fourth-order valence-corrected chi connectivity index (χ4v) is 6.01. The summed E-state index contributed by atoms with van der Waals surface area (Å²) in [5.74, 6) is -0.511. The minimum absolute atomic E-state index is 0.00514. The first-order valence-corrected chi connectivity index (χ1v) is 15.5. The fourth-order valence-electron chi connectivity index (χ4n) is 4.21. The van der Waals surface area contributed by atoms with Crippen LogP contribution in [-0.2, 0) is 26.2 Å². The number of halogens is 2. The molecule has 0 saturated carbocycles. The summed E-state index contributed by atoms with van der Waals surface area (Å²) in [5, 5.41) is 3.67. The number of nitrogens with zero attached hydrogens (tertiary/aromatic N) is 2. The van der Waals surface area contributed by atoms with Gasteiger partial charge in [0, 0.05) is 17.6 Å². The van der Waals surface area contributed by atoms with Crippen LogP contribution in [0.4, 0.5) is 5.69 Å². The van der Waals surface area contributed by atoms with Gasteiger partial charge in [-0.05, 0) is 67.8 Å². The minimum Gasteiger partial charge on any atom is -0.495 e. The summed E-state index contributed by atoms with van der Waals surface area (Å²) in [6.45, 7) is 5.16. The Hall–Kier alpha value is -3.27. The Kier molecular flexibility index (Phi) is 11.5. The van der Waals surface area contributed by atoms with Gasteiger partial charge in [0.25, 0.3) is 10.0 Å². The van der Waals surface area contributed by atoms with Gasteiger partial charge in [-0.15, -0.1) is 0 Å². The van der Waals surface area contributed by atoms with E-state index in [-0.39, 0.29) is 34.1 Å². The molecule has 2 atom stereocenters. The maximum absolute atomic E-state index is 14.1. The maximum Gasteiger partial charge on any atom is 0.264 e. The predicted molar refractivity (Wildman–Crippen MR) is 163 cm³/mol. The molecule has 0 unspecified atom stereocenters. The first-order valence-electron chi connectivity index (χ1n) is 13.3. The molecule has 0 saturated heterocycles. The van der Waals surface area contributed by atoms with E-state index in [4.69, 9.17) is 27.9 Å². The summed E-state index contributed by atoms with van der Waals surface area (Å²) >= 11 is 12.4.